The van der Waals surface area contributed by atoms with Gasteiger partial charge in [0.2, 0.25) is 0 Å². The minimum atomic E-state index is -0.0894. The second-order valence-electron chi connectivity index (χ2n) is 6.43. The van der Waals surface area contributed by atoms with Gasteiger partial charge in [0.05, 0.1) is 20.8 Å². The molecule has 0 saturated heterocycles. The molecule has 0 heterocycles. The Morgan fingerprint density at radius 2 is 1.31 bits per heavy atom. The highest BCUT2D eigenvalue weighted by Gasteiger charge is 2.08. The maximum atomic E-state index is 12.4. The van der Waals surface area contributed by atoms with Crippen molar-refractivity contribution in [1.82, 2.24) is 0 Å². The smallest absolute Gasteiger partial charge is 0.188 e. The Bertz CT molecular complexity index is 917. The van der Waals surface area contributed by atoms with Crippen LogP contribution in [0.4, 0.5) is 0 Å². The summed E-state index contributed by atoms with van der Waals surface area (Å²) in [5.74, 6) is 2.14. The van der Waals surface area contributed by atoms with Crippen LogP contribution in [0.3, 0.4) is 0 Å². The van der Waals surface area contributed by atoms with E-state index >= 15 is 0 Å². The number of hydrogen-bond donors (Lipinski definition) is 0. The van der Waals surface area contributed by atoms with Gasteiger partial charge in [-0.2, -0.15) is 0 Å². The van der Waals surface area contributed by atoms with E-state index < -0.39 is 0 Å². The summed E-state index contributed by atoms with van der Waals surface area (Å²) in [5.41, 5.74) is 2.56. The Kier molecular flexibility index (Phi) is 7.25. The minimum Gasteiger partial charge on any atom is -0.497 e. The maximum absolute atomic E-state index is 12.4. The fraction of sp³-hybridized carbons (Fsp3) is 0.208. The highest BCUT2D eigenvalue weighted by molar-refractivity contribution is 5.97. The van der Waals surface area contributed by atoms with Crippen molar-refractivity contribution < 1.29 is 23.7 Å². The van der Waals surface area contributed by atoms with E-state index in [1.807, 2.05) is 54.6 Å². The van der Waals surface area contributed by atoms with Gasteiger partial charge in [-0.15, -0.1) is 0 Å². The molecule has 0 atom stereocenters. The molecule has 0 fully saturated rings. The molecule has 0 spiro atoms. The Balaban J connectivity index is 1.50. The van der Waals surface area contributed by atoms with Crippen LogP contribution in [0.1, 0.15) is 21.5 Å². The molecule has 0 aliphatic rings. The van der Waals surface area contributed by atoms with E-state index in [0.717, 1.165) is 22.6 Å². The van der Waals surface area contributed by atoms with E-state index in [4.69, 9.17) is 18.9 Å². The molecule has 150 valence electrons. The van der Waals surface area contributed by atoms with Gasteiger partial charge in [-0.3, -0.25) is 4.79 Å². The first kappa shape index (κ1) is 20.4. The van der Waals surface area contributed by atoms with E-state index in [1.165, 1.54) is 0 Å². The molecular formula is C24H24O5. The van der Waals surface area contributed by atoms with E-state index in [9.17, 15) is 4.79 Å². The van der Waals surface area contributed by atoms with Crippen molar-refractivity contribution in [3.8, 4) is 17.2 Å². The number of Topliss-reactive ketones (excluding diaryl/α,β-unsaturated/α-hetero) is 1. The van der Waals surface area contributed by atoms with E-state index in [-0.39, 0.29) is 12.4 Å². The molecule has 0 aliphatic carbocycles. The first-order valence-electron chi connectivity index (χ1n) is 9.27. The maximum Gasteiger partial charge on any atom is 0.188 e. The van der Waals surface area contributed by atoms with Crippen molar-refractivity contribution >= 4 is 5.78 Å². The summed E-state index contributed by atoms with van der Waals surface area (Å²) >= 11 is 0. The molecule has 0 radical (unpaired) electrons. The fourth-order valence-corrected chi connectivity index (χ4v) is 2.71. The number of benzene rings is 3. The number of ether oxygens (including phenoxy) is 4. The lowest BCUT2D eigenvalue weighted by Crippen LogP contribution is -2.09. The quantitative estimate of drug-likeness (QED) is 0.469. The van der Waals surface area contributed by atoms with Crippen molar-refractivity contribution in [3.63, 3.8) is 0 Å². The lowest BCUT2D eigenvalue weighted by molar-refractivity contribution is 0.0726. The standard InChI is InChI=1S/C24H24O5/c1-26-21-10-6-18(7-11-21)15-28-17-24(25)20-4-3-5-23(14-20)29-16-19-8-12-22(27-2)13-9-19/h3-14H,15-17H2,1-2H3. The van der Waals surface area contributed by atoms with Gasteiger partial charge in [0, 0.05) is 5.56 Å². The zero-order chi connectivity index (χ0) is 20.5. The molecule has 3 aromatic rings. The summed E-state index contributed by atoms with van der Waals surface area (Å²) < 4.78 is 21.6. The first-order valence-corrected chi connectivity index (χ1v) is 9.27. The summed E-state index contributed by atoms with van der Waals surface area (Å²) in [6.45, 7) is 0.785. The van der Waals surface area contributed by atoms with Crippen LogP contribution in [-0.2, 0) is 18.0 Å². The van der Waals surface area contributed by atoms with Gasteiger partial charge >= 0.3 is 0 Å². The average Bonchev–Trinajstić information content (AvgIpc) is 2.78. The van der Waals surface area contributed by atoms with Gasteiger partial charge in [-0.05, 0) is 47.5 Å². The third kappa shape index (κ3) is 6.09. The second-order valence-corrected chi connectivity index (χ2v) is 6.43. The molecule has 5 nitrogen and oxygen atoms in total. The highest BCUT2D eigenvalue weighted by atomic mass is 16.5. The second kappa shape index (κ2) is 10.3. The molecule has 5 heteroatoms. The van der Waals surface area contributed by atoms with Crippen LogP contribution in [-0.4, -0.2) is 26.6 Å². The first-order chi connectivity index (χ1) is 14.2. The van der Waals surface area contributed by atoms with Crippen molar-refractivity contribution in [2.75, 3.05) is 20.8 Å². The average molecular weight is 392 g/mol. The van der Waals surface area contributed by atoms with Crippen LogP contribution in [0.2, 0.25) is 0 Å². The number of carbonyl (C=O) groups is 1. The minimum absolute atomic E-state index is 0.00790. The summed E-state index contributed by atoms with van der Waals surface area (Å²) in [7, 11) is 3.26. The molecule has 3 rings (SSSR count). The van der Waals surface area contributed by atoms with Crippen LogP contribution in [0.5, 0.6) is 17.2 Å². The third-order valence-electron chi connectivity index (χ3n) is 4.38. The number of hydrogen-bond acceptors (Lipinski definition) is 5. The molecule has 29 heavy (non-hydrogen) atoms. The van der Waals surface area contributed by atoms with Crippen molar-refractivity contribution in [2.24, 2.45) is 0 Å². The zero-order valence-corrected chi connectivity index (χ0v) is 16.6. The largest absolute Gasteiger partial charge is 0.497 e. The monoisotopic (exact) mass is 392 g/mol. The number of rotatable bonds is 10. The number of carbonyl (C=O) groups excluding carboxylic acids is 1. The van der Waals surface area contributed by atoms with Gasteiger partial charge in [0.15, 0.2) is 5.78 Å². The number of ketones is 1. The molecule has 0 saturated carbocycles. The molecule has 0 unspecified atom stereocenters. The van der Waals surface area contributed by atoms with Gasteiger partial charge < -0.3 is 18.9 Å². The van der Waals surface area contributed by atoms with Gasteiger partial charge in [-0.25, -0.2) is 0 Å². The van der Waals surface area contributed by atoms with Crippen molar-refractivity contribution in [2.45, 2.75) is 13.2 Å². The van der Waals surface area contributed by atoms with Crippen LogP contribution in [0.25, 0.3) is 0 Å². The third-order valence-corrected chi connectivity index (χ3v) is 4.38. The van der Waals surface area contributed by atoms with Gasteiger partial charge in [-0.1, -0.05) is 36.4 Å². The Morgan fingerprint density at radius 1 is 0.724 bits per heavy atom. The molecular weight excluding hydrogens is 368 g/mol. The molecule has 0 aliphatic heterocycles. The predicted octanol–water partition coefficient (Wildman–Crippen LogP) is 4.68. The predicted molar refractivity (Wildman–Crippen MR) is 111 cm³/mol. The Hall–Kier alpha value is -3.31. The van der Waals surface area contributed by atoms with Crippen molar-refractivity contribution in [1.29, 1.82) is 0 Å². The van der Waals surface area contributed by atoms with Crippen molar-refractivity contribution in [3.05, 3.63) is 89.5 Å². The molecule has 3 aromatic carbocycles. The number of methoxy groups -OCH3 is 2. The topological polar surface area (TPSA) is 54.0 Å². The van der Waals surface area contributed by atoms with E-state index in [1.54, 1.807) is 32.4 Å². The van der Waals surface area contributed by atoms with E-state index in [0.29, 0.717) is 24.5 Å². The SMILES string of the molecule is COc1ccc(COCC(=O)c2cccc(OCc3ccc(OC)cc3)c2)cc1. The summed E-state index contributed by atoms with van der Waals surface area (Å²) in [6, 6.07) is 22.4. The Morgan fingerprint density at radius 3 is 1.90 bits per heavy atom. The normalized spacial score (nSPS) is 10.4. The lowest BCUT2D eigenvalue weighted by Gasteiger charge is -2.09. The lowest BCUT2D eigenvalue weighted by atomic mass is 10.1. The summed E-state index contributed by atoms with van der Waals surface area (Å²) in [5, 5.41) is 0. The Labute approximate surface area is 170 Å². The summed E-state index contributed by atoms with van der Waals surface area (Å²) in [6.07, 6.45) is 0. The van der Waals surface area contributed by atoms with Gasteiger partial charge in [0.1, 0.15) is 30.5 Å². The molecule has 0 bridgehead atoms. The molecule has 0 amide bonds. The molecule has 0 aromatic heterocycles. The summed E-state index contributed by atoms with van der Waals surface area (Å²) in [4.78, 5) is 12.4. The highest BCUT2D eigenvalue weighted by Crippen LogP contribution is 2.18. The fourth-order valence-electron chi connectivity index (χ4n) is 2.71. The van der Waals surface area contributed by atoms with Crippen LogP contribution < -0.4 is 14.2 Å². The molecule has 0 N–H and O–H groups in total. The zero-order valence-electron chi connectivity index (χ0n) is 16.6. The van der Waals surface area contributed by atoms with Crippen LogP contribution >= 0.6 is 0 Å². The van der Waals surface area contributed by atoms with Gasteiger partial charge in [0.25, 0.3) is 0 Å². The van der Waals surface area contributed by atoms with E-state index in [2.05, 4.69) is 0 Å². The van der Waals surface area contributed by atoms with Crippen LogP contribution in [0, 0.1) is 0 Å². The van der Waals surface area contributed by atoms with Crippen LogP contribution in [0.15, 0.2) is 72.8 Å².